The van der Waals surface area contributed by atoms with E-state index in [9.17, 15) is 18.0 Å². The second kappa shape index (κ2) is 7.67. The maximum absolute atomic E-state index is 13.5. The fraction of sp³-hybridized carbons (Fsp3) is 0.391. The smallest absolute Gasteiger partial charge is 0.274 e. The van der Waals surface area contributed by atoms with E-state index in [0.717, 1.165) is 36.9 Å². The van der Waals surface area contributed by atoms with Crippen LogP contribution in [0.5, 0.6) is 0 Å². The largest absolute Gasteiger partial charge is 0.279 e. The van der Waals surface area contributed by atoms with Crippen LogP contribution in [-0.4, -0.2) is 28.9 Å². The maximum atomic E-state index is 13.5. The SMILES string of the molecule is O=C(NS(=O)(=O)C1CC1)c1ccc2c(c1)c(=O)n(-c1ccccc1)n2C1CCCCC1. The molecule has 1 aromatic heterocycles. The lowest BCUT2D eigenvalue weighted by Crippen LogP contribution is -2.33. The number of carbonyl (C=O) groups is 1. The lowest BCUT2D eigenvalue weighted by molar-refractivity contribution is 0.0981. The maximum Gasteiger partial charge on any atom is 0.279 e. The number of hydrogen-bond donors (Lipinski definition) is 1. The molecule has 1 N–H and O–H groups in total. The summed E-state index contributed by atoms with van der Waals surface area (Å²) in [6, 6.07) is 14.6. The third-order valence-corrected chi connectivity index (χ3v) is 8.08. The van der Waals surface area contributed by atoms with Crippen LogP contribution in [0.4, 0.5) is 0 Å². The standard InChI is InChI=1S/C23H25N3O4S/c27-22(24-31(29,30)19-12-13-19)16-11-14-21-20(15-16)23(28)26(18-9-5-2-6-10-18)25(21)17-7-3-1-4-8-17/h2,5-6,9-11,14-15,17,19H,1,3-4,7-8,12-13H2,(H,24,27). The van der Waals surface area contributed by atoms with Crippen molar-refractivity contribution in [2.24, 2.45) is 0 Å². The van der Waals surface area contributed by atoms with Crippen molar-refractivity contribution in [2.45, 2.75) is 56.2 Å². The topological polar surface area (TPSA) is 90.2 Å². The molecule has 0 spiro atoms. The van der Waals surface area contributed by atoms with E-state index in [-0.39, 0.29) is 17.2 Å². The van der Waals surface area contributed by atoms with Crippen LogP contribution in [0.2, 0.25) is 0 Å². The van der Waals surface area contributed by atoms with Crippen LogP contribution in [0.3, 0.4) is 0 Å². The van der Waals surface area contributed by atoms with Gasteiger partial charge >= 0.3 is 0 Å². The van der Waals surface area contributed by atoms with Crippen LogP contribution in [0, 0.1) is 0 Å². The summed E-state index contributed by atoms with van der Waals surface area (Å²) in [5.41, 5.74) is 1.51. The van der Waals surface area contributed by atoms with Gasteiger partial charge in [0.2, 0.25) is 10.0 Å². The summed E-state index contributed by atoms with van der Waals surface area (Å²) in [6.45, 7) is 0. The fourth-order valence-corrected chi connectivity index (χ4v) is 5.81. The Bertz CT molecular complexity index is 1300. The Morgan fingerprint density at radius 2 is 1.65 bits per heavy atom. The van der Waals surface area contributed by atoms with Gasteiger partial charge in [-0.2, -0.15) is 0 Å². The molecular weight excluding hydrogens is 414 g/mol. The number of rotatable bonds is 5. The van der Waals surface area contributed by atoms with Gasteiger partial charge in [-0.1, -0.05) is 37.5 Å². The average Bonchev–Trinajstić information content (AvgIpc) is 3.60. The third kappa shape index (κ3) is 3.69. The molecule has 8 heteroatoms. The van der Waals surface area contributed by atoms with Gasteiger partial charge in [-0.15, -0.1) is 0 Å². The third-order valence-electron chi connectivity index (χ3n) is 6.26. The second-order valence-electron chi connectivity index (χ2n) is 8.50. The quantitative estimate of drug-likeness (QED) is 0.659. The van der Waals surface area contributed by atoms with Gasteiger partial charge in [0.15, 0.2) is 0 Å². The van der Waals surface area contributed by atoms with Gasteiger partial charge in [0.1, 0.15) is 0 Å². The molecule has 0 atom stereocenters. The van der Waals surface area contributed by atoms with Crippen molar-refractivity contribution in [1.29, 1.82) is 0 Å². The molecule has 2 aliphatic rings. The highest BCUT2D eigenvalue weighted by Crippen LogP contribution is 2.32. The molecule has 0 bridgehead atoms. The van der Waals surface area contributed by atoms with Crippen LogP contribution < -0.4 is 10.3 Å². The van der Waals surface area contributed by atoms with Gasteiger partial charge in [-0.25, -0.2) is 17.8 Å². The van der Waals surface area contributed by atoms with E-state index in [1.165, 1.54) is 12.5 Å². The number of carbonyl (C=O) groups excluding carboxylic acids is 1. The van der Waals surface area contributed by atoms with Crippen molar-refractivity contribution in [3.05, 3.63) is 64.4 Å². The number of sulfonamides is 1. The van der Waals surface area contributed by atoms with Crippen LogP contribution >= 0.6 is 0 Å². The predicted molar refractivity (Wildman–Crippen MR) is 119 cm³/mol. The van der Waals surface area contributed by atoms with Crippen molar-refractivity contribution < 1.29 is 13.2 Å². The molecule has 2 saturated carbocycles. The summed E-state index contributed by atoms with van der Waals surface area (Å²) in [7, 11) is -3.65. The van der Waals surface area contributed by atoms with Crippen LogP contribution in [0.1, 0.15) is 61.3 Å². The molecule has 1 heterocycles. The Hall–Kier alpha value is -2.87. The molecule has 0 radical (unpaired) electrons. The Morgan fingerprint density at radius 1 is 0.935 bits per heavy atom. The van der Waals surface area contributed by atoms with E-state index in [1.807, 2.05) is 30.3 Å². The van der Waals surface area contributed by atoms with E-state index < -0.39 is 21.2 Å². The van der Waals surface area contributed by atoms with E-state index >= 15 is 0 Å². The van der Waals surface area contributed by atoms with Gasteiger partial charge in [0.25, 0.3) is 11.5 Å². The average molecular weight is 440 g/mol. The van der Waals surface area contributed by atoms with Gasteiger partial charge in [0, 0.05) is 5.56 Å². The zero-order valence-electron chi connectivity index (χ0n) is 17.2. The molecule has 7 nitrogen and oxygen atoms in total. The number of fused-ring (bicyclic) bond motifs is 1. The number of aromatic nitrogens is 2. The molecule has 31 heavy (non-hydrogen) atoms. The Labute approximate surface area is 180 Å². The summed E-state index contributed by atoms with van der Waals surface area (Å²) in [4.78, 5) is 26.1. The first-order chi connectivity index (χ1) is 15.0. The lowest BCUT2D eigenvalue weighted by atomic mass is 9.95. The molecule has 2 aliphatic carbocycles. The Morgan fingerprint density at radius 3 is 2.32 bits per heavy atom. The van der Waals surface area contributed by atoms with E-state index in [4.69, 9.17) is 0 Å². The molecule has 0 unspecified atom stereocenters. The van der Waals surface area contributed by atoms with E-state index in [0.29, 0.717) is 18.2 Å². The van der Waals surface area contributed by atoms with Gasteiger partial charge in [0.05, 0.1) is 27.9 Å². The van der Waals surface area contributed by atoms with Crippen LogP contribution in [-0.2, 0) is 10.0 Å². The van der Waals surface area contributed by atoms with Crippen molar-refractivity contribution >= 4 is 26.8 Å². The molecule has 1 amide bonds. The lowest BCUT2D eigenvalue weighted by Gasteiger charge is -2.26. The molecule has 2 aromatic carbocycles. The molecule has 2 fully saturated rings. The number of amides is 1. The molecule has 162 valence electrons. The zero-order valence-corrected chi connectivity index (χ0v) is 18.0. The van der Waals surface area contributed by atoms with Crippen molar-refractivity contribution in [3.8, 4) is 5.69 Å². The molecule has 0 saturated heterocycles. The first kappa shape index (κ1) is 20.1. The molecule has 3 aromatic rings. The number of hydrogen-bond acceptors (Lipinski definition) is 4. The molecule has 0 aliphatic heterocycles. The predicted octanol–water partition coefficient (Wildman–Crippen LogP) is 3.52. The zero-order chi connectivity index (χ0) is 21.6. The number of benzene rings is 2. The summed E-state index contributed by atoms with van der Waals surface area (Å²) in [5.74, 6) is -0.690. The normalized spacial score (nSPS) is 17.7. The Kier molecular flexibility index (Phi) is 4.97. The van der Waals surface area contributed by atoms with Crippen LogP contribution in [0.15, 0.2) is 53.3 Å². The minimum absolute atomic E-state index is 0.176. The van der Waals surface area contributed by atoms with E-state index in [2.05, 4.69) is 9.40 Å². The van der Waals surface area contributed by atoms with Crippen molar-refractivity contribution in [1.82, 2.24) is 14.1 Å². The monoisotopic (exact) mass is 439 g/mol. The molecule has 5 rings (SSSR count). The highest BCUT2D eigenvalue weighted by atomic mass is 32.2. The highest BCUT2D eigenvalue weighted by molar-refractivity contribution is 7.91. The summed E-state index contributed by atoms with van der Waals surface area (Å²) in [5, 5.41) is -0.0613. The highest BCUT2D eigenvalue weighted by Gasteiger charge is 2.37. The van der Waals surface area contributed by atoms with Crippen molar-refractivity contribution in [3.63, 3.8) is 0 Å². The van der Waals surface area contributed by atoms with E-state index in [1.54, 1.807) is 16.8 Å². The number of para-hydroxylation sites is 1. The van der Waals surface area contributed by atoms with Crippen LogP contribution in [0.25, 0.3) is 16.6 Å². The number of nitrogens with one attached hydrogen (secondary N) is 1. The minimum Gasteiger partial charge on any atom is -0.274 e. The fourth-order valence-electron chi connectivity index (χ4n) is 4.51. The summed E-state index contributed by atoms with van der Waals surface area (Å²) < 4.78 is 30.2. The first-order valence-corrected chi connectivity index (χ1v) is 12.4. The minimum atomic E-state index is -3.65. The van der Waals surface area contributed by atoms with Gasteiger partial charge in [-0.3, -0.25) is 14.3 Å². The first-order valence-electron chi connectivity index (χ1n) is 10.8. The second-order valence-corrected chi connectivity index (χ2v) is 10.5. The summed E-state index contributed by atoms with van der Waals surface area (Å²) in [6.07, 6.45) is 6.59. The summed E-state index contributed by atoms with van der Waals surface area (Å²) >= 11 is 0. The Balaban J connectivity index is 1.62. The van der Waals surface area contributed by atoms with Gasteiger partial charge < -0.3 is 0 Å². The van der Waals surface area contributed by atoms with Crippen molar-refractivity contribution in [2.75, 3.05) is 0 Å². The number of nitrogens with zero attached hydrogens (tertiary/aromatic N) is 2. The molecular formula is C23H25N3O4S. The van der Waals surface area contributed by atoms with Gasteiger partial charge in [-0.05, 0) is 56.0 Å².